The number of benzene rings is 3. The maximum atomic E-state index is 14.3. The van der Waals surface area contributed by atoms with Crippen molar-refractivity contribution in [3.63, 3.8) is 0 Å². The number of anilines is 1. The monoisotopic (exact) mass is 507 g/mol. The third-order valence-electron chi connectivity index (χ3n) is 5.12. The van der Waals surface area contributed by atoms with Crippen molar-refractivity contribution >= 4 is 40.5 Å². The quantitative estimate of drug-likeness (QED) is 0.237. The Balaban J connectivity index is 1.64. The second kappa shape index (κ2) is 9.50. The summed E-state index contributed by atoms with van der Waals surface area (Å²) in [5, 5.41) is 20.1. The van der Waals surface area contributed by atoms with Gasteiger partial charge in [-0.3, -0.25) is 14.9 Å². The molecule has 0 bridgehead atoms. The maximum Gasteiger partial charge on any atom is 0.270 e. The van der Waals surface area contributed by atoms with Crippen molar-refractivity contribution in [2.45, 2.75) is 0 Å². The molecule has 180 valence electrons. The van der Waals surface area contributed by atoms with Crippen molar-refractivity contribution in [2.75, 3.05) is 11.9 Å². The number of nitro benzene ring substituents is 1. The van der Waals surface area contributed by atoms with Crippen molar-refractivity contribution in [3.8, 4) is 17.0 Å². The number of nitro groups is 1. The Morgan fingerprint density at radius 2 is 2.00 bits per heavy atom. The average molecular weight is 507 g/mol. The van der Waals surface area contributed by atoms with Crippen LogP contribution in [0.1, 0.15) is 5.56 Å². The molecule has 0 unspecified atom stereocenters. The summed E-state index contributed by atoms with van der Waals surface area (Å²) in [4.78, 5) is 26.9. The van der Waals surface area contributed by atoms with Crippen LogP contribution in [0.25, 0.3) is 11.3 Å². The number of non-ortho nitro benzene ring substituents is 1. The molecule has 36 heavy (non-hydrogen) atoms. The fourth-order valence-electron chi connectivity index (χ4n) is 3.45. The Morgan fingerprint density at radius 1 is 1.14 bits per heavy atom. The Bertz CT molecular complexity index is 1610. The number of nitrogens with zero attached hydrogens (tertiary/aromatic N) is 4. The van der Waals surface area contributed by atoms with Crippen LogP contribution >= 0.6 is 11.3 Å². The number of thiazole rings is 1. The van der Waals surface area contributed by atoms with Crippen LogP contribution in [0.3, 0.4) is 0 Å². The van der Waals surface area contributed by atoms with E-state index in [1.165, 1.54) is 35.2 Å². The lowest BCUT2D eigenvalue weighted by atomic mass is 10.1. The van der Waals surface area contributed by atoms with Crippen molar-refractivity contribution in [3.05, 3.63) is 98.2 Å². The van der Waals surface area contributed by atoms with Gasteiger partial charge in [-0.2, -0.15) is 5.10 Å². The second-order valence-corrected chi connectivity index (χ2v) is 8.40. The minimum Gasteiger partial charge on any atom is -0.482 e. The predicted molar refractivity (Wildman–Crippen MR) is 130 cm³/mol. The van der Waals surface area contributed by atoms with Crippen molar-refractivity contribution in [2.24, 2.45) is 10.1 Å². The molecular weight excluding hydrogens is 492 g/mol. The molecule has 9 nitrogen and oxygen atoms in total. The fraction of sp³-hybridized carbons (Fsp3) is 0.0417. The largest absolute Gasteiger partial charge is 0.482 e. The van der Waals surface area contributed by atoms with Gasteiger partial charge >= 0.3 is 0 Å². The number of rotatable bonds is 5. The van der Waals surface area contributed by atoms with Gasteiger partial charge < -0.3 is 10.1 Å². The highest BCUT2D eigenvalue weighted by atomic mass is 32.1. The molecule has 2 heterocycles. The Labute approximate surface area is 205 Å². The molecule has 0 fully saturated rings. The highest BCUT2D eigenvalue weighted by molar-refractivity contribution is 7.07. The fourth-order valence-corrected chi connectivity index (χ4v) is 4.30. The first-order valence-electron chi connectivity index (χ1n) is 10.4. The van der Waals surface area contributed by atoms with Gasteiger partial charge in [-0.15, -0.1) is 11.3 Å². The molecule has 1 amide bonds. The van der Waals surface area contributed by atoms with E-state index in [1.54, 1.807) is 29.6 Å². The first kappa shape index (κ1) is 23.1. The molecule has 1 aromatic heterocycles. The van der Waals surface area contributed by atoms with E-state index in [1.807, 2.05) is 0 Å². The number of ether oxygens (including phenoxy) is 1. The Morgan fingerprint density at radius 3 is 2.81 bits per heavy atom. The van der Waals surface area contributed by atoms with E-state index in [0.29, 0.717) is 28.3 Å². The molecule has 12 heteroatoms. The number of carbonyl (C=O) groups excluding carboxylic acids is 1. The molecule has 0 saturated heterocycles. The van der Waals surface area contributed by atoms with E-state index in [0.717, 1.165) is 23.5 Å². The average Bonchev–Trinajstić information content (AvgIpc) is 3.26. The highest BCUT2D eigenvalue weighted by Gasteiger charge is 2.18. The van der Waals surface area contributed by atoms with Crippen LogP contribution in [-0.2, 0) is 4.79 Å². The van der Waals surface area contributed by atoms with E-state index < -0.39 is 16.6 Å². The standard InChI is InChI=1S/C24H15F2N5O4S/c25-16-5-6-19(18(26)10-16)29-24-30(27-11-14-2-1-3-17(8-14)31(33)34)21(13-36-24)15-4-7-22-20(9-15)28-23(32)12-35-22/h1-11,13H,12H2,(H,28,32). The van der Waals surface area contributed by atoms with Crippen molar-refractivity contribution < 1.29 is 23.2 Å². The van der Waals surface area contributed by atoms with Crippen molar-refractivity contribution in [1.29, 1.82) is 0 Å². The molecule has 5 rings (SSSR count). The number of nitrogens with one attached hydrogen (secondary N) is 1. The van der Waals surface area contributed by atoms with Gasteiger partial charge in [0.15, 0.2) is 12.4 Å². The number of carbonyl (C=O) groups is 1. The van der Waals surface area contributed by atoms with Gasteiger partial charge in [0.1, 0.15) is 17.3 Å². The number of halogens is 2. The third kappa shape index (κ3) is 4.74. The predicted octanol–water partition coefficient (Wildman–Crippen LogP) is 4.85. The summed E-state index contributed by atoms with van der Waals surface area (Å²) in [6.45, 7) is -0.0788. The van der Waals surface area contributed by atoms with E-state index in [-0.39, 0.29) is 28.7 Å². The van der Waals surface area contributed by atoms with Crippen LogP contribution in [0, 0.1) is 21.7 Å². The summed E-state index contributed by atoms with van der Waals surface area (Å²) < 4.78 is 34.5. The van der Waals surface area contributed by atoms with E-state index in [4.69, 9.17) is 4.74 Å². The molecule has 0 saturated carbocycles. The van der Waals surface area contributed by atoms with Gasteiger partial charge in [0.2, 0.25) is 4.80 Å². The second-order valence-electron chi connectivity index (χ2n) is 7.57. The summed E-state index contributed by atoms with van der Waals surface area (Å²) in [7, 11) is 0. The van der Waals surface area contributed by atoms with Crippen LogP contribution in [0.2, 0.25) is 0 Å². The normalized spacial score (nSPS) is 13.4. The molecule has 0 spiro atoms. The number of aromatic nitrogens is 1. The molecule has 0 atom stereocenters. The highest BCUT2D eigenvalue weighted by Crippen LogP contribution is 2.33. The molecule has 4 aromatic rings. The molecule has 0 aliphatic carbocycles. The zero-order chi connectivity index (χ0) is 25.2. The number of hydrogen-bond donors (Lipinski definition) is 1. The maximum absolute atomic E-state index is 14.3. The van der Waals surface area contributed by atoms with Crippen LogP contribution in [0.15, 0.2) is 76.1 Å². The summed E-state index contributed by atoms with van der Waals surface area (Å²) >= 11 is 1.16. The number of fused-ring (bicyclic) bond motifs is 1. The molecule has 1 N–H and O–H groups in total. The smallest absolute Gasteiger partial charge is 0.270 e. The van der Waals surface area contributed by atoms with E-state index in [9.17, 15) is 23.7 Å². The summed E-state index contributed by atoms with van der Waals surface area (Å²) in [6, 6.07) is 14.1. The van der Waals surface area contributed by atoms with Crippen LogP contribution in [0.5, 0.6) is 5.75 Å². The molecule has 1 aliphatic heterocycles. The zero-order valence-electron chi connectivity index (χ0n) is 18.2. The lowest BCUT2D eigenvalue weighted by Crippen LogP contribution is -2.25. The summed E-state index contributed by atoms with van der Waals surface area (Å²) in [6.07, 6.45) is 1.41. The zero-order valence-corrected chi connectivity index (χ0v) is 19.0. The van der Waals surface area contributed by atoms with Gasteiger partial charge in [0, 0.05) is 34.7 Å². The van der Waals surface area contributed by atoms with Crippen LogP contribution < -0.4 is 14.9 Å². The summed E-state index contributed by atoms with van der Waals surface area (Å²) in [5.74, 6) is -1.34. The number of hydrogen-bond acceptors (Lipinski definition) is 7. The van der Waals surface area contributed by atoms with E-state index >= 15 is 0 Å². The summed E-state index contributed by atoms with van der Waals surface area (Å²) in [5.41, 5.74) is 1.94. The molecule has 0 radical (unpaired) electrons. The molecule has 3 aromatic carbocycles. The minimum atomic E-state index is -0.840. The lowest BCUT2D eigenvalue weighted by Gasteiger charge is -2.18. The molecule has 1 aliphatic rings. The Hall–Kier alpha value is -4.71. The van der Waals surface area contributed by atoms with E-state index in [2.05, 4.69) is 15.4 Å². The van der Waals surface area contributed by atoms with Crippen LogP contribution in [-0.4, -0.2) is 28.3 Å². The van der Waals surface area contributed by atoms with Gasteiger partial charge in [0.05, 0.1) is 22.5 Å². The Kier molecular flexibility index (Phi) is 6.09. The third-order valence-corrected chi connectivity index (χ3v) is 5.94. The minimum absolute atomic E-state index is 0.0788. The van der Waals surface area contributed by atoms with Crippen molar-refractivity contribution in [1.82, 2.24) is 4.68 Å². The topological polar surface area (TPSA) is 111 Å². The van der Waals surface area contributed by atoms with Gasteiger partial charge in [0.25, 0.3) is 11.6 Å². The van der Waals surface area contributed by atoms with Gasteiger partial charge in [-0.25, -0.2) is 18.4 Å². The number of amides is 1. The van der Waals surface area contributed by atoms with Crippen LogP contribution in [0.4, 0.5) is 25.8 Å². The first-order valence-corrected chi connectivity index (χ1v) is 11.3. The SMILES string of the molecule is O=C1COc2ccc(-c3csc(=Nc4ccc(F)cc4F)n3N=Cc3cccc([N+](=O)[O-])c3)cc2N1. The van der Waals surface area contributed by atoms with Gasteiger partial charge in [-0.05, 0) is 30.3 Å². The van der Waals surface area contributed by atoms with Gasteiger partial charge in [-0.1, -0.05) is 12.1 Å². The first-order chi connectivity index (χ1) is 17.4. The molecular formula is C24H15F2N5O4S. The lowest BCUT2D eigenvalue weighted by molar-refractivity contribution is -0.384.